The molecule has 96 valence electrons. The summed E-state index contributed by atoms with van der Waals surface area (Å²) in [5.74, 6) is 0.102. The van der Waals surface area contributed by atoms with Crippen molar-refractivity contribution in [3.8, 4) is 0 Å². The Morgan fingerprint density at radius 1 is 1.47 bits per heavy atom. The zero-order valence-corrected chi connectivity index (χ0v) is 10.8. The van der Waals surface area contributed by atoms with Gasteiger partial charge in [-0.15, -0.1) is 6.58 Å². The highest BCUT2D eigenvalue weighted by molar-refractivity contribution is 5.80. The topological polar surface area (TPSA) is 32.8 Å². The largest absolute Gasteiger partial charge is 0.363 e. The highest BCUT2D eigenvalue weighted by atomic mass is 16.5. The molecule has 0 aromatic carbocycles. The molecule has 0 unspecified atom stereocenters. The number of carbonyl (C=O) groups excluding carboxylic acids is 1. The normalized spacial score (nSPS) is 33.2. The van der Waals surface area contributed by atoms with Crippen molar-refractivity contribution in [2.75, 3.05) is 27.2 Å². The van der Waals surface area contributed by atoms with Crippen LogP contribution in [-0.2, 0) is 9.53 Å². The predicted octanol–water partition coefficient (Wildman–Crippen LogP) is 0.882. The number of hydrogen-bond acceptors (Lipinski definition) is 3. The second-order valence-electron chi connectivity index (χ2n) is 5.11. The number of likely N-dealkylation sites (tertiary alicyclic amines) is 1. The van der Waals surface area contributed by atoms with Crippen LogP contribution in [0.4, 0.5) is 0 Å². The molecule has 0 aliphatic carbocycles. The molecule has 0 bridgehead atoms. The summed E-state index contributed by atoms with van der Waals surface area (Å²) in [6, 6.07) is 0.485. The van der Waals surface area contributed by atoms with Crippen LogP contribution in [0.15, 0.2) is 12.7 Å². The van der Waals surface area contributed by atoms with E-state index >= 15 is 0 Å². The van der Waals surface area contributed by atoms with Gasteiger partial charge in [0.15, 0.2) is 0 Å². The molecule has 2 heterocycles. The van der Waals surface area contributed by atoms with Gasteiger partial charge in [-0.05, 0) is 19.3 Å². The van der Waals surface area contributed by atoms with Crippen LogP contribution in [0, 0.1) is 0 Å². The van der Waals surface area contributed by atoms with E-state index in [4.69, 9.17) is 4.74 Å². The standard InChI is InChI=1S/C13H22N2O2/c1-4-8-15-9-7-11-10(15)5-6-12(17-11)13(16)14(2)3/h4,10-12H,1,5-9H2,2-3H3/t10-,11-,12+/m1/s1. The molecule has 2 rings (SSSR count). The Labute approximate surface area is 103 Å². The Kier molecular flexibility index (Phi) is 3.84. The summed E-state index contributed by atoms with van der Waals surface area (Å²) in [5.41, 5.74) is 0. The average molecular weight is 238 g/mol. The number of hydrogen-bond donors (Lipinski definition) is 0. The van der Waals surface area contributed by atoms with Crippen molar-refractivity contribution in [2.24, 2.45) is 0 Å². The van der Waals surface area contributed by atoms with Gasteiger partial charge >= 0.3 is 0 Å². The zero-order chi connectivity index (χ0) is 12.4. The molecule has 0 aromatic heterocycles. The molecule has 2 fully saturated rings. The summed E-state index contributed by atoms with van der Waals surface area (Å²) in [7, 11) is 3.58. The van der Waals surface area contributed by atoms with E-state index in [0.29, 0.717) is 6.04 Å². The van der Waals surface area contributed by atoms with E-state index in [2.05, 4.69) is 11.5 Å². The minimum atomic E-state index is -0.227. The first kappa shape index (κ1) is 12.6. The first-order valence-electron chi connectivity index (χ1n) is 6.35. The number of nitrogens with zero attached hydrogens (tertiary/aromatic N) is 2. The molecule has 0 saturated carbocycles. The van der Waals surface area contributed by atoms with Crippen LogP contribution >= 0.6 is 0 Å². The number of amides is 1. The fourth-order valence-electron chi connectivity index (χ4n) is 2.88. The van der Waals surface area contributed by atoms with Crippen LogP contribution in [0.3, 0.4) is 0 Å². The summed E-state index contributed by atoms with van der Waals surface area (Å²) >= 11 is 0. The molecule has 3 atom stereocenters. The van der Waals surface area contributed by atoms with Crippen LogP contribution < -0.4 is 0 Å². The molecule has 4 heteroatoms. The Balaban J connectivity index is 1.94. The second kappa shape index (κ2) is 5.19. The quantitative estimate of drug-likeness (QED) is 0.684. The number of carbonyl (C=O) groups is 1. The minimum Gasteiger partial charge on any atom is -0.363 e. The van der Waals surface area contributed by atoms with Gasteiger partial charge in [0.25, 0.3) is 5.91 Å². The van der Waals surface area contributed by atoms with Crippen LogP contribution in [0.5, 0.6) is 0 Å². The number of ether oxygens (including phenoxy) is 1. The first-order valence-corrected chi connectivity index (χ1v) is 6.35. The summed E-state index contributed by atoms with van der Waals surface area (Å²) in [6.45, 7) is 5.77. The van der Waals surface area contributed by atoms with Crippen molar-refractivity contribution in [1.82, 2.24) is 9.80 Å². The fourth-order valence-corrected chi connectivity index (χ4v) is 2.88. The SMILES string of the molecule is C=CCN1CC[C@H]2O[C@H](C(=O)N(C)C)CC[C@H]21. The molecule has 4 nitrogen and oxygen atoms in total. The maximum atomic E-state index is 11.9. The molecular weight excluding hydrogens is 216 g/mol. The lowest BCUT2D eigenvalue weighted by Crippen LogP contribution is -2.47. The molecule has 0 spiro atoms. The number of fused-ring (bicyclic) bond motifs is 1. The lowest BCUT2D eigenvalue weighted by Gasteiger charge is -2.35. The molecule has 17 heavy (non-hydrogen) atoms. The van der Waals surface area contributed by atoms with E-state index in [-0.39, 0.29) is 18.1 Å². The molecule has 0 N–H and O–H groups in total. The van der Waals surface area contributed by atoms with E-state index in [9.17, 15) is 4.79 Å². The zero-order valence-electron chi connectivity index (χ0n) is 10.8. The Morgan fingerprint density at radius 2 is 2.24 bits per heavy atom. The second-order valence-corrected chi connectivity index (χ2v) is 5.11. The van der Waals surface area contributed by atoms with Crippen molar-refractivity contribution in [1.29, 1.82) is 0 Å². The van der Waals surface area contributed by atoms with Gasteiger partial charge in [0.05, 0.1) is 6.10 Å². The van der Waals surface area contributed by atoms with E-state index in [1.54, 1.807) is 19.0 Å². The van der Waals surface area contributed by atoms with E-state index in [1.165, 1.54) is 0 Å². The molecule has 0 aromatic rings. The molecule has 1 amide bonds. The van der Waals surface area contributed by atoms with Gasteiger partial charge in [-0.3, -0.25) is 9.69 Å². The van der Waals surface area contributed by atoms with Gasteiger partial charge in [0, 0.05) is 33.2 Å². The Bertz CT molecular complexity index is 304. The summed E-state index contributed by atoms with van der Waals surface area (Å²) < 4.78 is 5.94. The lowest BCUT2D eigenvalue weighted by atomic mass is 9.98. The number of likely N-dealkylation sites (N-methyl/N-ethyl adjacent to an activating group) is 1. The van der Waals surface area contributed by atoms with Gasteiger partial charge in [0.1, 0.15) is 6.10 Å². The van der Waals surface area contributed by atoms with Gasteiger partial charge in [-0.1, -0.05) is 6.08 Å². The van der Waals surface area contributed by atoms with E-state index < -0.39 is 0 Å². The fraction of sp³-hybridized carbons (Fsp3) is 0.769. The highest BCUT2D eigenvalue weighted by Crippen LogP contribution is 2.31. The van der Waals surface area contributed by atoms with Crippen molar-refractivity contribution in [3.05, 3.63) is 12.7 Å². The highest BCUT2D eigenvalue weighted by Gasteiger charge is 2.41. The molecule has 2 saturated heterocycles. The first-order chi connectivity index (χ1) is 8.13. The lowest BCUT2D eigenvalue weighted by molar-refractivity contribution is -0.151. The smallest absolute Gasteiger partial charge is 0.251 e. The van der Waals surface area contributed by atoms with Crippen molar-refractivity contribution < 1.29 is 9.53 Å². The maximum Gasteiger partial charge on any atom is 0.251 e. The monoisotopic (exact) mass is 238 g/mol. The predicted molar refractivity (Wildman–Crippen MR) is 66.8 cm³/mol. The summed E-state index contributed by atoms with van der Waals surface area (Å²) in [5, 5.41) is 0. The van der Waals surface area contributed by atoms with Crippen LogP contribution in [-0.4, -0.2) is 61.1 Å². The van der Waals surface area contributed by atoms with Gasteiger partial charge < -0.3 is 9.64 Å². The third kappa shape index (κ3) is 2.53. The summed E-state index contributed by atoms with van der Waals surface area (Å²) in [4.78, 5) is 15.9. The van der Waals surface area contributed by atoms with Crippen molar-refractivity contribution in [3.63, 3.8) is 0 Å². The third-order valence-corrected chi connectivity index (χ3v) is 3.74. The van der Waals surface area contributed by atoms with E-state index in [1.807, 2.05) is 6.08 Å². The Hall–Kier alpha value is -0.870. The van der Waals surface area contributed by atoms with Gasteiger partial charge in [-0.25, -0.2) is 0 Å². The average Bonchev–Trinajstić information content (AvgIpc) is 2.71. The molecule has 0 radical (unpaired) electrons. The van der Waals surface area contributed by atoms with Crippen molar-refractivity contribution >= 4 is 5.91 Å². The molecule has 2 aliphatic heterocycles. The number of rotatable bonds is 3. The van der Waals surface area contributed by atoms with Gasteiger partial charge in [-0.2, -0.15) is 0 Å². The van der Waals surface area contributed by atoms with E-state index in [0.717, 1.165) is 32.4 Å². The molecular formula is C13H22N2O2. The molecule has 2 aliphatic rings. The Morgan fingerprint density at radius 3 is 2.88 bits per heavy atom. The van der Waals surface area contributed by atoms with Crippen LogP contribution in [0.1, 0.15) is 19.3 Å². The summed E-state index contributed by atoms with van der Waals surface area (Å²) in [6.07, 6.45) is 4.89. The van der Waals surface area contributed by atoms with Crippen LogP contribution in [0.25, 0.3) is 0 Å². The minimum absolute atomic E-state index is 0.102. The maximum absolute atomic E-state index is 11.9. The van der Waals surface area contributed by atoms with Gasteiger partial charge in [0.2, 0.25) is 0 Å². The third-order valence-electron chi connectivity index (χ3n) is 3.74. The van der Waals surface area contributed by atoms with Crippen molar-refractivity contribution in [2.45, 2.75) is 37.5 Å². The van der Waals surface area contributed by atoms with Crippen LogP contribution in [0.2, 0.25) is 0 Å².